The van der Waals surface area contributed by atoms with Gasteiger partial charge < -0.3 is 5.32 Å². The van der Waals surface area contributed by atoms with Gasteiger partial charge in [0.25, 0.3) is 0 Å². The molecule has 0 saturated carbocycles. The fraction of sp³-hybridized carbons (Fsp3) is 0.143. The van der Waals surface area contributed by atoms with Crippen LogP contribution in [0.1, 0.15) is 17.8 Å². The Labute approximate surface area is 125 Å². The number of nitrogens with zero attached hydrogens (tertiary/aromatic N) is 2. The van der Waals surface area contributed by atoms with Crippen LogP contribution in [0.3, 0.4) is 0 Å². The first-order valence-electron chi connectivity index (χ1n) is 6.24. The number of benzene rings is 1. The quantitative estimate of drug-likeness (QED) is 0.742. The van der Waals surface area contributed by atoms with E-state index in [0.717, 1.165) is 15.7 Å². The number of hydrogen-bond donors (Lipinski definition) is 2. The Morgan fingerprint density at radius 1 is 1.25 bits per heavy atom. The molecule has 20 heavy (non-hydrogen) atoms. The number of hydrogen-bond acceptors (Lipinski definition) is 5. The van der Waals surface area contributed by atoms with Crippen molar-refractivity contribution in [3.63, 3.8) is 0 Å². The van der Waals surface area contributed by atoms with E-state index >= 15 is 0 Å². The number of rotatable bonds is 5. The van der Waals surface area contributed by atoms with Crippen molar-refractivity contribution in [3.05, 3.63) is 53.0 Å². The Morgan fingerprint density at radius 3 is 2.75 bits per heavy atom. The summed E-state index contributed by atoms with van der Waals surface area (Å²) in [6.07, 6.45) is 1.51. The highest BCUT2D eigenvalue weighted by molar-refractivity contribution is 7.99. The summed E-state index contributed by atoms with van der Waals surface area (Å²) in [7, 11) is 0. The molecule has 1 aromatic carbocycles. The van der Waals surface area contributed by atoms with E-state index in [2.05, 4.69) is 69.2 Å². The van der Waals surface area contributed by atoms with Crippen LogP contribution in [-0.4, -0.2) is 15.2 Å². The smallest absolute Gasteiger partial charge is 0.188 e. The Morgan fingerprint density at radius 2 is 2.10 bits per heavy atom. The summed E-state index contributed by atoms with van der Waals surface area (Å²) < 4.78 is 0. The standard InChI is InChI=1S/C14H14N4S2/c1-10(13-3-2-8-19-13)17-11-4-6-12(7-5-11)20-14-15-9-16-18-14/h2-10,17H,1H3,(H,15,16,18). The monoisotopic (exact) mass is 302 g/mol. The lowest BCUT2D eigenvalue weighted by Crippen LogP contribution is -2.04. The molecular formula is C14H14N4S2. The molecule has 0 spiro atoms. The van der Waals surface area contributed by atoms with E-state index in [1.807, 2.05) is 0 Å². The van der Waals surface area contributed by atoms with Crippen molar-refractivity contribution < 1.29 is 0 Å². The van der Waals surface area contributed by atoms with Crippen LogP contribution in [0.2, 0.25) is 0 Å². The van der Waals surface area contributed by atoms with Gasteiger partial charge in [-0.2, -0.15) is 5.10 Å². The van der Waals surface area contributed by atoms with Crippen LogP contribution >= 0.6 is 23.1 Å². The van der Waals surface area contributed by atoms with Gasteiger partial charge in [-0.05, 0) is 42.6 Å². The molecule has 0 amide bonds. The van der Waals surface area contributed by atoms with Crippen LogP contribution in [0.4, 0.5) is 5.69 Å². The maximum atomic E-state index is 4.10. The zero-order valence-electron chi connectivity index (χ0n) is 10.9. The molecule has 0 saturated heterocycles. The molecule has 0 aliphatic rings. The van der Waals surface area contributed by atoms with Gasteiger partial charge in [0.15, 0.2) is 5.16 Å². The number of aromatic amines is 1. The first-order chi connectivity index (χ1) is 9.81. The van der Waals surface area contributed by atoms with E-state index in [1.165, 1.54) is 11.2 Å². The van der Waals surface area contributed by atoms with Crippen LogP contribution in [-0.2, 0) is 0 Å². The second-order valence-electron chi connectivity index (χ2n) is 4.30. The van der Waals surface area contributed by atoms with E-state index in [9.17, 15) is 0 Å². The number of aromatic nitrogens is 3. The molecule has 2 heterocycles. The van der Waals surface area contributed by atoms with Crippen molar-refractivity contribution in [2.45, 2.75) is 23.0 Å². The third-order valence-electron chi connectivity index (χ3n) is 2.81. The lowest BCUT2D eigenvalue weighted by molar-refractivity contribution is 0.907. The molecule has 1 unspecified atom stereocenters. The van der Waals surface area contributed by atoms with Crippen LogP contribution in [0, 0.1) is 0 Å². The van der Waals surface area contributed by atoms with Gasteiger partial charge in [-0.3, -0.25) is 5.10 Å². The number of thiophene rings is 1. The van der Waals surface area contributed by atoms with Gasteiger partial charge in [0.05, 0.1) is 6.04 Å². The van der Waals surface area contributed by atoms with E-state index in [1.54, 1.807) is 23.1 Å². The molecule has 1 atom stereocenters. The van der Waals surface area contributed by atoms with Crippen molar-refractivity contribution in [3.8, 4) is 0 Å². The SMILES string of the molecule is CC(Nc1ccc(Sc2ncn[nH]2)cc1)c1cccs1. The number of anilines is 1. The van der Waals surface area contributed by atoms with Gasteiger partial charge in [-0.25, -0.2) is 4.98 Å². The fourth-order valence-electron chi connectivity index (χ4n) is 1.83. The average Bonchev–Trinajstić information content (AvgIpc) is 3.13. The molecule has 0 fully saturated rings. The van der Waals surface area contributed by atoms with Crippen molar-refractivity contribution >= 4 is 28.8 Å². The summed E-state index contributed by atoms with van der Waals surface area (Å²) >= 11 is 3.33. The minimum Gasteiger partial charge on any atom is -0.378 e. The van der Waals surface area contributed by atoms with Crippen molar-refractivity contribution in [2.24, 2.45) is 0 Å². The van der Waals surface area contributed by atoms with E-state index < -0.39 is 0 Å². The third-order valence-corrected chi connectivity index (χ3v) is 4.77. The van der Waals surface area contributed by atoms with Crippen LogP contribution in [0.25, 0.3) is 0 Å². The average molecular weight is 302 g/mol. The van der Waals surface area contributed by atoms with E-state index in [-0.39, 0.29) is 0 Å². The summed E-state index contributed by atoms with van der Waals surface area (Å²) in [6.45, 7) is 2.17. The first-order valence-corrected chi connectivity index (χ1v) is 7.94. The normalized spacial score (nSPS) is 12.2. The maximum absolute atomic E-state index is 4.10. The molecule has 0 radical (unpaired) electrons. The minimum atomic E-state index is 0.322. The van der Waals surface area contributed by atoms with Gasteiger partial charge in [0, 0.05) is 15.5 Å². The van der Waals surface area contributed by atoms with Crippen molar-refractivity contribution in [1.29, 1.82) is 0 Å². The fourth-order valence-corrected chi connectivity index (χ4v) is 3.26. The molecule has 0 bridgehead atoms. The van der Waals surface area contributed by atoms with Crippen LogP contribution in [0.5, 0.6) is 0 Å². The molecule has 3 rings (SSSR count). The molecular weight excluding hydrogens is 288 g/mol. The Bertz CT molecular complexity index is 632. The lowest BCUT2D eigenvalue weighted by Gasteiger charge is -2.13. The van der Waals surface area contributed by atoms with Gasteiger partial charge in [-0.1, -0.05) is 17.8 Å². The highest BCUT2D eigenvalue weighted by Crippen LogP contribution is 2.27. The summed E-state index contributed by atoms with van der Waals surface area (Å²) in [5.41, 5.74) is 1.12. The molecule has 2 N–H and O–H groups in total. The maximum Gasteiger partial charge on any atom is 0.188 e. The topological polar surface area (TPSA) is 53.6 Å². The minimum absolute atomic E-state index is 0.322. The van der Waals surface area contributed by atoms with Crippen LogP contribution in [0.15, 0.2) is 58.2 Å². The van der Waals surface area contributed by atoms with Gasteiger partial charge in [0.1, 0.15) is 6.33 Å². The Hall–Kier alpha value is -1.79. The van der Waals surface area contributed by atoms with E-state index in [4.69, 9.17) is 0 Å². The van der Waals surface area contributed by atoms with Gasteiger partial charge in [-0.15, -0.1) is 11.3 Å². The molecule has 102 valence electrons. The molecule has 3 aromatic rings. The number of H-pyrrole nitrogens is 1. The number of nitrogens with one attached hydrogen (secondary N) is 2. The summed E-state index contributed by atoms with van der Waals surface area (Å²) in [5.74, 6) is 0. The predicted molar refractivity (Wildman–Crippen MR) is 83.3 cm³/mol. The molecule has 2 aromatic heterocycles. The zero-order chi connectivity index (χ0) is 13.8. The third kappa shape index (κ3) is 3.20. The lowest BCUT2D eigenvalue weighted by atomic mass is 10.2. The highest BCUT2D eigenvalue weighted by atomic mass is 32.2. The molecule has 0 aliphatic carbocycles. The molecule has 0 aliphatic heterocycles. The second-order valence-corrected chi connectivity index (χ2v) is 6.34. The highest BCUT2D eigenvalue weighted by Gasteiger charge is 2.06. The van der Waals surface area contributed by atoms with Gasteiger partial charge >= 0.3 is 0 Å². The molecule has 4 nitrogen and oxygen atoms in total. The summed E-state index contributed by atoms with van der Waals surface area (Å²) in [5, 5.41) is 13.1. The Balaban J connectivity index is 1.64. The second kappa shape index (κ2) is 6.11. The summed E-state index contributed by atoms with van der Waals surface area (Å²) in [6, 6.07) is 12.9. The van der Waals surface area contributed by atoms with Crippen molar-refractivity contribution in [2.75, 3.05) is 5.32 Å². The summed E-state index contributed by atoms with van der Waals surface area (Å²) in [4.78, 5) is 6.57. The zero-order valence-corrected chi connectivity index (χ0v) is 12.5. The molecule has 6 heteroatoms. The van der Waals surface area contributed by atoms with Crippen LogP contribution < -0.4 is 5.32 Å². The van der Waals surface area contributed by atoms with Gasteiger partial charge in [0.2, 0.25) is 0 Å². The Kier molecular flexibility index (Phi) is 4.03. The van der Waals surface area contributed by atoms with Crippen molar-refractivity contribution in [1.82, 2.24) is 15.2 Å². The predicted octanol–water partition coefficient (Wildman–Crippen LogP) is 4.19. The van der Waals surface area contributed by atoms with E-state index in [0.29, 0.717) is 6.04 Å². The largest absolute Gasteiger partial charge is 0.378 e. The first kappa shape index (κ1) is 13.2.